The second kappa shape index (κ2) is 3.73. The highest BCUT2D eigenvalue weighted by atomic mass is 127. The lowest BCUT2D eigenvalue weighted by Crippen LogP contribution is -2.11. The molecule has 0 amide bonds. The first kappa shape index (κ1) is 10.6. The van der Waals surface area contributed by atoms with Gasteiger partial charge >= 0.3 is 6.18 Å². The van der Waals surface area contributed by atoms with Crippen molar-refractivity contribution in [3.8, 4) is 0 Å². The molecule has 0 aliphatic heterocycles. The van der Waals surface area contributed by atoms with E-state index in [0.29, 0.717) is 9.26 Å². The van der Waals surface area contributed by atoms with Crippen LogP contribution in [0.15, 0.2) is 18.2 Å². The van der Waals surface area contributed by atoms with Gasteiger partial charge in [-0.15, -0.1) is 0 Å². The minimum atomic E-state index is -4.15. The number of rotatable bonds is 1. The lowest BCUT2D eigenvalue weighted by molar-refractivity contribution is -0.127. The molecular formula is C8H7F3IN. The molecule has 0 aliphatic rings. The Labute approximate surface area is 87.3 Å². The Morgan fingerprint density at radius 3 is 2.38 bits per heavy atom. The minimum absolute atomic E-state index is 0.242. The molecule has 1 aromatic rings. The van der Waals surface area contributed by atoms with E-state index in [9.17, 15) is 13.2 Å². The number of anilines is 1. The van der Waals surface area contributed by atoms with Crippen LogP contribution in [0.3, 0.4) is 0 Å². The molecule has 0 spiro atoms. The molecule has 0 bridgehead atoms. The standard InChI is InChI=1S/C8H7F3IN/c9-8(10,11)4-5-1-2-7(13)6(12)3-5/h1-3H,4,13H2. The Morgan fingerprint density at radius 2 is 1.92 bits per heavy atom. The van der Waals surface area contributed by atoms with Crippen LogP contribution in [0.1, 0.15) is 5.56 Å². The Kier molecular flexibility index (Phi) is 3.05. The number of benzene rings is 1. The van der Waals surface area contributed by atoms with E-state index in [1.807, 2.05) is 22.6 Å². The van der Waals surface area contributed by atoms with Gasteiger partial charge in [0, 0.05) is 9.26 Å². The average Bonchev–Trinajstić information content (AvgIpc) is 1.94. The maximum atomic E-state index is 11.9. The summed E-state index contributed by atoms with van der Waals surface area (Å²) in [6.45, 7) is 0. The van der Waals surface area contributed by atoms with Crippen LogP contribution in [-0.2, 0) is 6.42 Å². The molecule has 13 heavy (non-hydrogen) atoms. The summed E-state index contributed by atoms with van der Waals surface area (Å²) in [5.41, 5.74) is 6.21. The van der Waals surface area contributed by atoms with Crippen LogP contribution in [0.5, 0.6) is 0 Å². The molecule has 0 fully saturated rings. The molecule has 0 saturated heterocycles. The fraction of sp³-hybridized carbons (Fsp3) is 0.250. The number of nitrogen functional groups attached to an aromatic ring is 1. The van der Waals surface area contributed by atoms with Crippen LogP contribution in [0, 0.1) is 3.57 Å². The average molecular weight is 301 g/mol. The summed E-state index contributed by atoms with van der Waals surface area (Å²) >= 11 is 1.91. The van der Waals surface area contributed by atoms with E-state index in [0.717, 1.165) is 0 Å². The van der Waals surface area contributed by atoms with Crippen LogP contribution in [-0.4, -0.2) is 6.18 Å². The van der Waals surface area contributed by atoms with Crippen molar-refractivity contribution in [1.82, 2.24) is 0 Å². The summed E-state index contributed by atoms with van der Waals surface area (Å²) in [7, 11) is 0. The van der Waals surface area contributed by atoms with Crippen molar-refractivity contribution in [3.63, 3.8) is 0 Å². The normalized spacial score (nSPS) is 11.7. The minimum Gasteiger partial charge on any atom is -0.398 e. The second-order valence-electron chi connectivity index (χ2n) is 2.65. The predicted octanol–water partition coefficient (Wildman–Crippen LogP) is 2.98. The SMILES string of the molecule is Nc1ccc(CC(F)(F)F)cc1I. The van der Waals surface area contributed by atoms with Crippen LogP contribution < -0.4 is 5.73 Å². The summed E-state index contributed by atoms with van der Waals surface area (Å²) in [5.74, 6) is 0. The zero-order valence-corrected chi connectivity index (χ0v) is 8.69. The van der Waals surface area contributed by atoms with Crippen molar-refractivity contribution in [2.24, 2.45) is 0 Å². The van der Waals surface area contributed by atoms with E-state index < -0.39 is 12.6 Å². The van der Waals surface area contributed by atoms with Gasteiger partial charge in [0.1, 0.15) is 0 Å². The third kappa shape index (κ3) is 3.41. The topological polar surface area (TPSA) is 26.0 Å². The highest BCUT2D eigenvalue weighted by Gasteiger charge is 2.27. The third-order valence-corrected chi connectivity index (χ3v) is 2.40. The maximum Gasteiger partial charge on any atom is 0.393 e. The maximum absolute atomic E-state index is 11.9. The van der Waals surface area contributed by atoms with Crippen LogP contribution in [0.2, 0.25) is 0 Å². The van der Waals surface area contributed by atoms with E-state index in [-0.39, 0.29) is 5.56 Å². The molecule has 0 aliphatic carbocycles. The van der Waals surface area contributed by atoms with Gasteiger partial charge in [0.2, 0.25) is 0 Å². The van der Waals surface area contributed by atoms with Crippen molar-refractivity contribution < 1.29 is 13.2 Å². The number of hydrogen-bond acceptors (Lipinski definition) is 1. The van der Waals surface area contributed by atoms with Gasteiger partial charge < -0.3 is 5.73 Å². The largest absolute Gasteiger partial charge is 0.398 e. The Balaban J connectivity index is 2.86. The highest BCUT2D eigenvalue weighted by molar-refractivity contribution is 14.1. The fourth-order valence-corrected chi connectivity index (χ4v) is 1.49. The summed E-state index contributed by atoms with van der Waals surface area (Å²) in [5, 5.41) is 0. The van der Waals surface area contributed by atoms with Gasteiger partial charge in [-0.05, 0) is 40.3 Å². The van der Waals surface area contributed by atoms with Gasteiger partial charge in [0.15, 0.2) is 0 Å². The van der Waals surface area contributed by atoms with Crippen molar-refractivity contribution in [2.75, 3.05) is 5.73 Å². The smallest absolute Gasteiger partial charge is 0.393 e. The van der Waals surface area contributed by atoms with Gasteiger partial charge in [-0.25, -0.2) is 0 Å². The molecule has 2 N–H and O–H groups in total. The molecule has 1 rings (SSSR count). The number of halogens is 4. The first-order chi connectivity index (χ1) is 5.88. The van der Waals surface area contributed by atoms with Crippen LogP contribution in [0.25, 0.3) is 0 Å². The van der Waals surface area contributed by atoms with Crippen molar-refractivity contribution >= 4 is 28.3 Å². The summed E-state index contributed by atoms with van der Waals surface area (Å²) in [6, 6.07) is 4.33. The van der Waals surface area contributed by atoms with E-state index in [1.54, 1.807) is 0 Å². The lowest BCUT2D eigenvalue weighted by atomic mass is 10.1. The van der Waals surface area contributed by atoms with E-state index in [2.05, 4.69) is 0 Å². The zero-order chi connectivity index (χ0) is 10.1. The van der Waals surface area contributed by atoms with Gasteiger partial charge in [0.25, 0.3) is 0 Å². The summed E-state index contributed by atoms with van der Waals surface area (Å²) in [6.07, 6.45) is -5.05. The first-order valence-electron chi connectivity index (χ1n) is 3.49. The molecule has 1 nitrogen and oxygen atoms in total. The Bertz CT molecular complexity index is 309. The lowest BCUT2D eigenvalue weighted by Gasteiger charge is -2.07. The van der Waals surface area contributed by atoms with Gasteiger partial charge in [-0.2, -0.15) is 13.2 Å². The number of hydrogen-bond donors (Lipinski definition) is 1. The third-order valence-electron chi connectivity index (χ3n) is 1.47. The van der Waals surface area contributed by atoms with Crippen molar-refractivity contribution in [1.29, 1.82) is 0 Å². The van der Waals surface area contributed by atoms with Crippen molar-refractivity contribution in [3.05, 3.63) is 27.3 Å². The summed E-state index contributed by atoms with van der Waals surface area (Å²) in [4.78, 5) is 0. The van der Waals surface area contributed by atoms with Gasteiger partial charge in [-0.1, -0.05) is 6.07 Å². The van der Waals surface area contributed by atoms with Gasteiger partial charge in [-0.3, -0.25) is 0 Å². The Hall–Kier alpha value is -0.460. The van der Waals surface area contributed by atoms with Crippen LogP contribution in [0.4, 0.5) is 18.9 Å². The monoisotopic (exact) mass is 301 g/mol. The molecule has 0 saturated carbocycles. The number of alkyl halides is 3. The molecule has 0 heterocycles. The predicted molar refractivity (Wildman–Crippen MR) is 53.3 cm³/mol. The highest BCUT2D eigenvalue weighted by Crippen LogP contribution is 2.24. The molecule has 0 unspecified atom stereocenters. The van der Waals surface area contributed by atoms with E-state index in [1.165, 1.54) is 18.2 Å². The molecule has 1 aromatic carbocycles. The summed E-state index contributed by atoms with van der Waals surface area (Å²) < 4.78 is 36.5. The molecular weight excluding hydrogens is 294 g/mol. The van der Waals surface area contributed by atoms with Crippen molar-refractivity contribution in [2.45, 2.75) is 12.6 Å². The second-order valence-corrected chi connectivity index (χ2v) is 3.81. The quantitative estimate of drug-likeness (QED) is 0.626. The molecule has 72 valence electrons. The zero-order valence-electron chi connectivity index (χ0n) is 6.53. The molecule has 0 atom stereocenters. The first-order valence-corrected chi connectivity index (χ1v) is 4.57. The van der Waals surface area contributed by atoms with Gasteiger partial charge in [0.05, 0.1) is 6.42 Å². The molecule has 0 radical (unpaired) electrons. The number of nitrogens with two attached hydrogens (primary N) is 1. The Morgan fingerprint density at radius 1 is 1.31 bits per heavy atom. The van der Waals surface area contributed by atoms with E-state index in [4.69, 9.17) is 5.73 Å². The molecule has 5 heteroatoms. The van der Waals surface area contributed by atoms with E-state index >= 15 is 0 Å². The fourth-order valence-electron chi connectivity index (χ4n) is 0.912. The molecule has 0 aromatic heterocycles. The van der Waals surface area contributed by atoms with Crippen LogP contribution >= 0.6 is 22.6 Å².